The molecule has 2 aromatic heterocycles. The van der Waals surface area contributed by atoms with E-state index in [4.69, 9.17) is 32.7 Å². The maximum Gasteiger partial charge on any atom is 0.163 e. The lowest BCUT2D eigenvalue weighted by atomic mass is 10.2. The van der Waals surface area contributed by atoms with E-state index in [0.717, 1.165) is 21.8 Å². The van der Waals surface area contributed by atoms with E-state index in [1.807, 2.05) is 30.5 Å². The third-order valence-corrected chi connectivity index (χ3v) is 5.71. The van der Waals surface area contributed by atoms with E-state index in [0.29, 0.717) is 39.5 Å². The molecular formula is C20H16Cl2N4O2S. The number of nitrogens with zero attached hydrogens (tertiary/aromatic N) is 3. The van der Waals surface area contributed by atoms with Crippen molar-refractivity contribution < 1.29 is 9.47 Å². The average Bonchev–Trinajstić information content (AvgIpc) is 3.14. The van der Waals surface area contributed by atoms with Crippen LogP contribution >= 0.6 is 34.5 Å². The van der Waals surface area contributed by atoms with E-state index in [9.17, 15) is 0 Å². The van der Waals surface area contributed by atoms with E-state index in [1.54, 1.807) is 30.6 Å². The smallest absolute Gasteiger partial charge is 0.163 e. The Morgan fingerprint density at radius 2 is 1.93 bits per heavy atom. The zero-order valence-electron chi connectivity index (χ0n) is 15.6. The summed E-state index contributed by atoms with van der Waals surface area (Å²) in [5.74, 6) is 1.79. The first-order chi connectivity index (χ1) is 14.0. The molecule has 1 N–H and O–H groups in total. The second kappa shape index (κ2) is 8.41. The highest BCUT2D eigenvalue weighted by molar-refractivity contribution is 7.09. The lowest BCUT2D eigenvalue weighted by Crippen LogP contribution is -2.00. The van der Waals surface area contributed by atoms with Gasteiger partial charge in [-0.15, -0.1) is 11.3 Å². The minimum atomic E-state index is 0.353. The number of nitrogens with one attached hydrogen (secondary N) is 1. The van der Waals surface area contributed by atoms with E-state index in [1.165, 1.54) is 6.33 Å². The van der Waals surface area contributed by atoms with Gasteiger partial charge < -0.3 is 14.8 Å². The van der Waals surface area contributed by atoms with Gasteiger partial charge in [0.05, 0.1) is 33.4 Å². The first kappa shape index (κ1) is 19.7. The number of aryl methyl sites for hydroxylation is 1. The fraction of sp³-hybridized carbons (Fsp3) is 0.150. The molecule has 0 atom stereocenters. The summed E-state index contributed by atoms with van der Waals surface area (Å²) in [4.78, 5) is 13.1. The Bertz CT molecular complexity index is 1180. The van der Waals surface area contributed by atoms with Gasteiger partial charge in [-0.3, -0.25) is 0 Å². The third-order valence-electron chi connectivity index (χ3n) is 4.15. The fourth-order valence-electron chi connectivity index (χ4n) is 2.77. The first-order valence-corrected chi connectivity index (χ1v) is 10.3. The van der Waals surface area contributed by atoms with E-state index >= 15 is 0 Å². The molecular weight excluding hydrogens is 431 g/mol. The summed E-state index contributed by atoms with van der Waals surface area (Å²) >= 11 is 13.7. The Kier molecular flexibility index (Phi) is 5.71. The minimum Gasteiger partial charge on any atom is -0.493 e. The Morgan fingerprint density at radius 1 is 1.07 bits per heavy atom. The molecule has 2 heterocycles. The lowest BCUT2D eigenvalue weighted by molar-refractivity contribution is 0.282. The molecule has 2 aromatic carbocycles. The Hall–Kier alpha value is -2.61. The van der Waals surface area contributed by atoms with Crippen LogP contribution in [0.15, 0.2) is 42.0 Å². The normalized spacial score (nSPS) is 10.9. The number of ether oxygens (including phenoxy) is 2. The second-order valence-electron chi connectivity index (χ2n) is 6.14. The number of methoxy groups -OCH3 is 1. The summed E-state index contributed by atoms with van der Waals surface area (Å²) < 4.78 is 11.5. The molecule has 4 rings (SSSR count). The van der Waals surface area contributed by atoms with Gasteiger partial charge in [-0.2, -0.15) is 0 Å². The highest BCUT2D eigenvalue weighted by Crippen LogP contribution is 2.35. The van der Waals surface area contributed by atoms with Gasteiger partial charge in [-0.25, -0.2) is 15.0 Å². The molecule has 0 radical (unpaired) electrons. The van der Waals surface area contributed by atoms with Crippen LogP contribution in [0.5, 0.6) is 11.5 Å². The van der Waals surface area contributed by atoms with Crippen molar-refractivity contribution in [3.05, 3.63) is 62.8 Å². The van der Waals surface area contributed by atoms with Crippen LogP contribution in [0.1, 0.15) is 10.7 Å². The van der Waals surface area contributed by atoms with Crippen molar-refractivity contribution in [3.8, 4) is 11.5 Å². The number of thiazole rings is 1. The number of aromatic nitrogens is 3. The molecule has 148 valence electrons. The van der Waals surface area contributed by atoms with Crippen LogP contribution in [0.2, 0.25) is 10.0 Å². The zero-order chi connectivity index (χ0) is 20.4. The number of fused-ring (bicyclic) bond motifs is 1. The molecule has 0 aliphatic heterocycles. The predicted molar refractivity (Wildman–Crippen MR) is 117 cm³/mol. The number of benzene rings is 2. The minimum absolute atomic E-state index is 0.353. The highest BCUT2D eigenvalue weighted by Gasteiger charge is 2.13. The summed E-state index contributed by atoms with van der Waals surface area (Å²) in [6.07, 6.45) is 1.49. The summed E-state index contributed by atoms with van der Waals surface area (Å²) in [6, 6.07) is 8.96. The topological polar surface area (TPSA) is 69.2 Å². The molecule has 4 aromatic rings. The van der Waals surface area contributed by atoms with Crippen LogP contribution in [0.4, 0.5) is 11.5 Å². The van der Waals surface area contributed by atoms with E-state index < -0.39 is 0 Å². The molecule has 0 amide bonds. The van der Waals surface area contributed by atoms with Gasteiger partial charge in [-0.05, 0) is 31.2 Å². The number of halogens is 2. The molecule has 6 nitrogen and oxygen atoms in total. The number of anilines is 2. The fourth-order valence-corrected chi connectivity index (χ4v) is 3.67. The molecule has 0 aliphatic rings. The Labute approximate surface area is 181 Å². The number of hydrogen-bond acceptors (Lipinski definition) is 7. The maximum atomic E-state index is 6.11. The van der Waals surface area contributed by atoms with Gasteiger partial charge in [0, 0.05) is 22.5 Å². The van der Waals surface area contributed by atoms with Crippen molar-refractivity contribution in [2.75, 3.05) is 12.4 Å². The van der Waals surface area contributed by atoms with Crippen LogP contribution in [0.25, 0.3) is 10.9 Å². The number of hydrogen-bond donors (Lipinski definition) is 1. The van der Waals surface area contributed by atoms with E-state index in [2.05, 4.69) is 20.3 Å². The van der Waals surface area contributed by atoms with Crippen molar-refractivity contribution in [3.63, 3.8) is 0 Å². The molecule has 0 unspecified atom stereocenters. The molecule has 0 aliphatic carbocycles. The van der Waals surface area contributed by atoms with Crippen LogP contribution in [0, 0.1) is 6.92 Å². The van der Waals surface area contributed by atoms with Gasteiger partial charge in [-0.1, -0.05) is 23.2 Å². The largest absolute Gasteiger partial charge is 0.493 e. The Morgan fingerprint density at radius 3 is 2.66 bits per heavy atom. The average molecular weight is 447 g/mol. The van der Waals surface area contributed by atoms with Gasteiger partial charge in [0.15, 0.2) is 11.5 Å². The van der Waals surface area contributed by atoms with Crippen molar-refractivity contribution in [2.45, 2.75) is 13.5 Å². The lowest BCUT2D eigenvalue weighted by Gasteiger charge is -2.13. The van der Waals surface area contributed by atoms with Gasteiger partial charge in [0.2, 0.25) is 0 Å². The van der Waals surface area contributed by atoms with Gasteiger partial charge in [0.25, 0.3) is 0 Å². The summed E-state index contributed by atoms with van der Waals surface area (Å²) in [5, 5.41) is 7.96. The van der Waals surface area contributed by atoms with Crippen molar-refractivity contribution in [1.82, 2.24) is 15.0 Å². The van der Waals surface area contributed by atoms with Crippen LogP contribution in [-0.2, 0) is 6.61 Å². The first-order valence-electron chi connectivity index (χ1n) is 8.62. The van der Waals surface area contributed by atoms with Gasteiger partial charge in [0.1, 0.15) is 18.8 Å². The summed E-state index contributed by atoms with van der Waals surface area (Å²) in [7, 11) is 1.59. The molecule has 0 bridgehead atoms. The van der Waals surface area contributed by atoms with Crippen molar-refractivity contribution in [1.29, 1.82) is 0 Å². The standard InChI is InChI=1S/C20H16Cl2N4O2S/c1-11-25-13(9-29-11)8-28-19-7-17-14(6-18(19)27-2)20(24-10-23-17)26-12-3-4-15(21)16(22)5-12/h3-7,9-10H,8H2,1-2H3,(H,23,24,26). The predicted octanol–water partition coefficient (Wildman–Crippen LogP) is 6.03. The maximum absolute atomic E-state index is 6.11. The van der Waals surface area contributed by atoms with Crippen molar-refractivity contribution >= 4 is 56.9 Å². The molecule has 0 saturated carbocycles. The zero-order valence-corrected chi connectivity index (χ0v) is 17.9. The Balaban J connectivity index is 1.66. The van der Waals surface area contributed by atoms with Crippen LogP contribution in [-0.4, -0.2) is 22.1 Å². The molecule has 0 fully saturated rings. The second-order valence-corrected chi connectivity index (χ2v) is 8.02. The monoisotopic (exact) mass is 446 g/mol. The van der Waals surface area contributed by atoms with Crippen molar-refractivity contribution in [2.24, 2.45) is 0 Å². The van der Waals surface area contributed by atoms with E-state index in [-0.39, 0.29) is 0 Å². The molecule has 0 spiro atoms. The van der Waals surface area contributed by atoms with Crippen LogP contribution < -0.4 is 14.8 Å². The third kappa shape index (κ3) is 4.37. The summed E-state index contributed by atoms with van der Waals surface area (Å²) in [6.45, 7) is 2.32. The molecule has 0 saturated heterocycles. The molecule has 9 heteroatoms. The highest BCUT2D eigenvalue weighted by atomic mass is 35.5. The van der Waals surface area contributed by atoms with Gasteiger partial charge >= 0.3 is 0 Å². The molecule has 29 heavy (non-hydrogen) atoms. The van der Waals surface area contributed by atoms with Crippen LogP contribution in [0.3, 0.4) is 0 Å². The summed E-state index contributed by atoms with van der Waals surface area (Å²) in [5.41, 5.74) is 2.35. The SMILES string of the molecule is COc1cc2c(Nc3ccc(Cl)c(Cl)c3)ncnc2cc1OCc1csc(C)n1. The number of rotatable bonds is 6. The quantitative estimate of drug-likeness (QED) is 0.389.